The average Bonchev–Trinajstić information content (AvgIpc) is 2.16. The van der Waals surface area contributed by atoms with E-state index in [9.17, 15) is 0 Å². The number of hydrogen-bond acceptors (Lipinski definition) is 3. The Balaban J connectivity index is 2.59. The maximum Gasteiger partial charge on any atom is 0.122 e. The normalized spacial score (nSPS) is 12.6. The van der Waals surface area contributed by atoms with Crippen LogP contribution in [-0.2, 0) is 0 Å². The second kappa shape index (κ2) is 5.20. The molecule has 14 heavy (non-hydrogen) atoms. The van der Waals surface area contributed by atoms with Crippen molar-refractivity contribution >= 4 is 11.6 Å². The molecule has 0 radical (unpaired) electrons. The Morgan fingerprint density at radius 1 is 1.57 bits per heavy atom. The summed E-state index contributed by atoms with van der Waals surface area (Å²) in [5, 5.41) is 0.722. The third kappa shape index (κ3) is 3.18. The van der Waals surface area contributed by atoms with Crippen molar-refractivity contribution in [1.29, 1.82) is 0 Å². The smallest absolute Gasteiger partial charge is 0.122 e. The fourth-order valence-electron chi connectivity index (χ4n) is 1.04. The van der Waals surface area contributed by atoms with Crippen LogP contribution in [0.3, 0.4) is 0 Å². The molecule has 0 heterocycles. The van der Waals surface area contributed by atoms with Crippen molar-refractivity contribution < 1.29 is 4.74 Å². The number of rotatable bonds is 4. The van der Waals surface area contributed by atoms with Crippen molar-refractivity contribution in [3.8, 4) is 5.75 Å². The lowest BCUT2D eigenvalue weighted by molar-refractivity contribution is 0.273. The van der Waals surface area contributed by atoms with Crippen molar-refractivity contribution in [2.24, 2.45) is 5.84 Å². The zero-order chi connectivity index (χ0) is 10.6. The third-order valence-electron chi connectivity index (χ3n) is 1.91. The van der Waals surface area contributed by atoms with Gasteiger partial charge in [-0.2, -0.15) is 0 Å². The van der Waals surface area contributed by atoms with Gasteiger partial charge in [0.15, 0.2) is 0 Å². The summed E-state index contributed by atoms with van der Waals surface area (Å²) < 4.78 is 5.54. The molecule has 0 fully saturated rings. The van der Waals surface area contributed by atoms with E-state index in [1.54, 1.807) is 0 Å². The predicted octanol–water partition coefficient (Wildman–Crippen LogP) is 1.88. The predicted molar refractivity (Wildman–Crippen MR) is 58.5 cm³/mol. The Kier molecular flexibility index (Phi) is 4.20. The lowest BCUT2D eigenvalue weighted by Gasteiger charge is -2.13. The molecular weight excluding hydrogens is 200 g/mol. The summed E-state index contributed by atoms with van der Waals surface area (Å²) in [6, 6.07) is 5.67. The summed E-state index contributed by atoms with van der Waals surface area (Å²) >= 11 is 5.82. The number of nitrogens with one attached hydrogen (secondary N) is 1. The highest BCUT2D eigenvalue weighted by molar-refractivity contribution is 6.30. The second-order valence-electron chi connectivity index (χ2n) is 3.29. The van der Waals surface area contributed by atoms with E-state index >= 15 is 0 Å². The number of nitrogens with two attached hydrogens (primary N) is 1. The van der Waals surface area contributed by atoms with Crippen molar-refractivity contribution in [2.45, 2.75) is 19.9 Å². The molecule has 0 aliphatic carbocycles. The van der Waals surface area contributed by atoms with Crippen molar-refractivity contribution in [3.63, 3.8) is 0 Å². The first-order valence-corrected chi connectivity index (χ1v) is 4.86. The SMILES string of the molecule is Cc1cc(Cl)ccc1OCC(C)NN. The van der Waals surface area contributed by atoms with Crippen molar-refractivity contribution in [3.05, 3.63) is 28.8 Å². The fraction of sp³-hybridized carbons (Fsp3) is 0.400. The van der Waals surface area contributed by atoms with E-state index < -0.39 is 0 Å². The van der Waals surface area contributed by atoms with Gasteiger partial charge in [-0.3, -0.25) is 11.3 Å². The van der Waals surface area contributed by atoms with E-state index in [0.717, 1.165) is 16.3 Å². The zero-order valence-electron chi connectivity index (χ0n) is 8.38. The number of aryl methyl sites for hydroxylation is 1. The van der Waals surface area contributed by atoms with E-state index in [2.05, 4.69) is 5.43 Å². The minimum Gasteiger partial charge on any atom is -0.492 e. The highest BCUT2D eigenvalue weighted by Gasteiger charge is 2.03. The van der Waals surface area contributed by atoms with Gasteiger partial charge in [0, 0.05) is 5.02 Å². The van der Waals surface area contributed by atoms with Crippen LogP contribution in [0.2, 0.25) is 5.02 Å². The third-order valence-corrected chi connectivity index (χ3v) is 2.15. The molecule has 0 bridgehead atoms. The zero-order valence-corrected chi connectivity index (χ0v) is 9.14. The molecule has 78 valence electrons. The number of benzene rings is 1. The molecule has 0 aliphatic rings. The van der Waals surface area contributed by atoms with E-state index in [4.69, 9.17) is 22.2 Å². The molecule has 0 saturated carbocycles. The van der Waals surface area contributed by atoms with Crippen LogP contribution in [0, 0.1) is 6.92 Å². The summed E-state index contributed by atoms with van der Waals surface area (Å²) in [4.78, 5) is 0. The molecule has 0 aliphatic heterocycles. The molecule has 1 aromatic carbocycles. The molecule has 0 amide bonds. The van der Waals surface area contributed by atoms with Gasteiger partial charge in [-0.25, -0.2) is 0 Å². The van der Waals surface area contributed by atoms with Gasteiger partial charge in [0.2, 0.25) is 0 Å². The highest BCUT2D eigenvalue weighted by Crippen LogP contribution is 2.21. The van der Waals surface area contributed by atoms with Gasteiger partial charge in [-0.15, -0.1) is 0 Å². The molecule has 0 aromatic heterocycles. The minimum absolute atomic E-state index is 0.130. The second-order valence-corrected chi connectivity index (χ2v) is 3.72. The van der Waals surface area contributed by atoms with Gasteiger partial charge in [-0.1, -0.05) is 11.6 Å². The van der Waals surface area contributed by atoms with Gasteiger partial charge >= 0.3 is 0 Å². The Labute approximate surface area is 89.2 Å². The first kappa shape index (κ1) is 11.3. The molecule has 0 spiro atoms. The van der Waals surface area contributed by atoms with E-state index in [1.165, 1.54) is 0 Å². The summed E-state index contributed by atoms with van der Waals surface area (Å²) in [5.41, 5.74) is 3.64. The van der Waals surface area contributed by atoms with Crippen LogP contribution >= 0.6 is 11.6 Å². The highest BCUT2D eigenvalue weighted by atomic mass is 35.5. The van der Waals surface area contributed by atoms with E-state index in [1.807, 2.05) is 32.0 Å². The first-order chi connectivity index (χ1) is 6.63. The molecule has 4 heteroatoms. The molecule has 3 N–H and O–H groups in total. The number of hydrogen-bond donors (Lipinski definition) is 2. The summed E-state index contributed by atoms with van der Waals surface area (Å²) in [6.45, 7) is 4.45. The Morgan fingerprint density at radius 2 is 2.29 bits per heavy atom. The number of hydrazine groups is 1. The van der Waals surface area contributed by atoms with Crippen LogP contribution in [-0.4, -0.2) is 12.6 Å². The molecule has 0 saturated heterocycles. The summed E-state index contributed by atoms with van der Waals surface area (Å²) in [5.74, 6) is 6.09. The lowest BCUT2D eigenvalue weighted by atomic mass is 10.2. The summed E-state index contributed by atoms with van der Waals surface area (Å²) in [6.07, 6.45) is 0. The molecule has 3 nitrogen and oxygen atoms in total. The van der Waals surface area contributed by atoms with Crippen LogP contribution in [0.5, 0.6) is 5.75 Å². The van der Waals surface area contributed by atoms with Gasteiger partial charge in [-0.05, 0) is 37.6 Å². The molecule has 1 atom stereocenters. The Morgan fingerprint density at radius 3 is 2.86 bits per heavy atom. The van der Waals surface area contributed by atoms with E-state index in [-0.39, 0.29) is 6.04 Å². The van der Waals surface area contributed by atoms with Crippen LogP contribution in [0.4, 0.5) is 0 Å². The van der Waals surface area contributed by atoms with Gasteiger partial charge in [0.05, 0.1) is 6.04 Å². The molecule has 1 unspecified atom stereocenters. The molecule has 1 aromatic rings. The average molecular weight is 215 g/mol. The lowest BCUT2D eigenvalue weighted by Crippen LogP contribution is -2.37. The topological polar surface area (TPSA) is 47.3 Å². The quantitative estimate of drug-likeness (QED) is 0.594. The van der Waals surface area contributed by atoms with Crippen LogP contribution < -0.4 is 16.0 Å². The maximum atomic E-state index is 5.82. The van der Waals surface area contributed by atoms with Crippen molar-refractivity contribution in [1.82, 2.24) is 5.43 Å². The summed E-state index contributed by atoms with van der Waals surface area (Å²) in [7, 11) is 0. The first-order valence-electron chi connectivity index (χ1n) is 4.48. The largest absolute Gasteiger partial charge is 0.492 e. The maximum absolute atomic E-state index is 5.82. The van der Waals surface area contributed by atoms with Gasteiger partial charge < -0.3 is 4.74 Å². The molecular formula is C10H15ClN2O. The van der Waals surface area contributed by atoms with Gasteiger partial charge in [0.1, 0.15) is 12.4 Å². The van der Waals surface area contributed by atoms with Crippen LogP contribution in [0.1, 0.15) is 12.5 Å². The van der Waals surface area contributed by atoms with Crippen LogP contribution in [0.15, 0.2) is 18.2 Å². The number of ether oxygens (including phenoxy) is 1. The van der Waals surface area contributed by atoms with E-state index in [0.29, 0.717) is 6.61 Å². The fourth-order valence-corrected chi connectivity index (χ4v) is 1.26. The van der Waals surface area contributed by atoms with Gasteiger partial charge in [0.25, 0.3) is 0 Å². The standard InChI is InChI=1S/C10H15ClN2O/c1-7-5-9(11)3-4-10(7)14-6-8(2)13-12/h3-5,8,13H,6,12H2,1-2H3. The number of halogens is 1. The van der Waals surface area contributed by atoms with Crippen LogP contribution in [0.25, 0.3) is 0 Å². The Bertz CT molecular complexity index is 304. The monoisotopic (exact) mass is 214 g/mol. The molecule has 1 rings (SSSR count). The minimum atomic E-state index is 0.130. The van der Waals surface area contributed by atoms with Crippen molar-refractivity contribution in [2.75, 3.05) is 6.61 Å². The Hall–Kier alpha value is -0.770.